The van der Waals surface area contributed by atoms with E-state index in [0.29, 0.717) is 20.7 Å². The van der Waals surface area contributed by atoms with Crippen molar-refractivity contribution in [3.05, 3.63) is 71.7 Å². The Hall–Kier alpha value is -2.32. The van der Waals surface area contributed by atoms with Crippen LogP contribution in [0.3, 0.4) is 0 Å². The summed E-state index contributed by atoms with van der Waals surface area (Å²) in [6.07, 6.45) is 1.36. The Balaban J connectivity index is 2.34. The summed E-state index contributed by atoms with van der Waals surface area (Å²) in [6.45, 7) is 0. The first-order valence-corrected chi connectivity index (χ1v) is 6.97. The first-order valence-electron chi connectivity index (χ1n) is 5.80. The largest absolute Gasteiger partial charge is 0.270 e. The lowest BCUT2D eigenvalue weighted by molar-refractivity contribution is -0.385. The third-order valence-corrected chi connectivity index (χ3v) is 3.65. The number of aliphatic imine (C=N–C) groups is 1. The van der Waals surface area contributed by atoms with Crippen molar-refractivity contribution < 1.29 is 9.85 Å². The molecule has 0 aromatic heterocycles. The van der Waals surface area contributed by atoms with Gasteiger partial charge in [-0.3, -0.25) is 25.2 Å². The molecule has 0 saturated heterocycles. The Morgan fingerprint density at radius 1 is 1.05 bits per heavy atom. The Morgan fingerprint density at radius 2 is 1.64 bits per heavy atom. The van der Waals surface area contributed by atoms with Crippen molar-refractivity contribution in [1.29, 1.82) is 0 Å². The van der Waals surface area contributed by atoms with Gasteiger partial charge in [0.15, 0.2) is 0 Å². The monoisotopic (exact) mass is 383 g/mol. The molecule has 0 spiro atoms. The first-order chi connectivity index (χ1) is 10.4. The highest BCUT2D eigenvalue weighted by Crippen LogP contribution is 2.30. The Kier molecular flexibility index (Phi) is 4.84. The fourth-order valence-electron chi connectivity index (χ4n) is 1.60. The van der Waals surface area contributed by atoms with Gasteiger partial charge in [0, 0.05) is 45.5 Å². The number of rotatable bonds is 4. The molecule has 2 aromatic rings. The lowest BCUT2D eigenvalue weighted by atomic mass is 10.2. The van der Waals surface area contributed by atoms with Crippen LogP contribution >= 0.6 is 27.5 Å². The minimum absolute atomic E-state index is 0.0702. The SMILES string of the molecule is O=[N+]([O-])c1ccc(N=Cc2cc([N+](=O)[O-])ccc2Cl)c(Br)c1. The van der Waals surface area contributed by atoms with Crippen molar-refractivity contribution in [1.82, 2.24) is 0 Å². The molecule has 0 amide bonds. The average molecular weight is 385 g/mol. The quantitative estimate of drug-likeness (QED) is 0.434. The van der Waals surface area contributed by atoms with Crippen LogP contribution < -0.4 is 0 Å². The van der Waals surface area contributed by atoms with Crippen LogP contribution in [0.25, 0.3) is 0 Å². The van der Waals surface area contributed by atoms with Crippen molar-refractivity contribution in [2.75, 3.05) is 0 Å². The van der Waals surface area contributed by atoms with E-state index in [0.717, 1.165) is 0 Å². The summed E-state index contributed by atoms with van der Waals surface area (Å²) in [7, 11) is 0. The van der Waals surface area contributed by atoms with Gasteiger partial charge in [-0.05, 0) is 28.1 Å². The molecular formula is C13H7BrClN3O4. The summed E-state index contributed by atoms with van der Waals surface area (Å²) < 4.78 is 0.430. The van der Waals surface area contributed by atoms with Crippen LogP contribution in [0.15, 0.2) is 45.9 Å². The van der Waals surface area contributed by atoms with E-state index in [4.69, 9.17) is 11.6 Å². The second-order valence-electron chi connectivity index (χ2n) is 4.11. The predicted octanol–water partition coefficient (Wildman–Crippen LogP) is 4.67. The molecule has 112 valence electrons. The van der Waals surface area contributed by atoms with E-state index in [2.05, 4.69) is 20.9 Å². The van der Waals surface area contributed by atoms with Gasteiger partial charge >= 0.3 is 0 Å². The molecule has 7 nitrogen and oxygen atoms in total. The van der Waals surface area contributed by atoms with E-state index in [9.17, 15) is 20.2 Å². The minimum Gasteiger partial charge on any atom is -0.258 e. The molecule has 0 N–H and O–H groups in total. The molecule has 2 rings (SSSR count). The average Bonchev–Trinajstić information content (AvgIpc) is 2.47. The van der Waals surface area contributed by atoms with Crippen molar-refractivity contribution >= 4 is 50.8 Å². The van der Waals surface area contributed by atoms with Crippen molar-refractivity contribution in [3.8, 4) is 0 Å². The van der Waals surface area contributed by atoms with Crippen LogP contribution in [0.1, 0.15) is 5.56 Å². The zero-order valence-corrected chi connectivity index (χ0v) is 13.1. The van der Waals surface area contributed by atoms with Gasteiger partial charge in [0.1, 0.15) is 0 Å². The van der Waals surface area contributed by atoms with Crippen LogP contribution in [0.2, 0.25) is 5.02 Å². The molecule has 2 aromatic carbocycles. The van der Waals surface area contributed by atoms with E-state index >= 15 is 0 Å². The topological polar surface area (TPSA) is 98.6 Å². The highest BCUT2D eigenvalue weighted by atomic mass is 79.9. The third kappa shape index (κ3) is 3.66. The minimum atomic E-state index is -0.532. The normalized spacial score (nSPS) is 10.8. The maximum Gasteiger partial charge on any atom is 0.270 e. The molecule has 0 aliphatic carbocycles. The second kappa shape index (κ2) is 6.63. The molecule has 0 radical (unpaired) electrons. The molecule has 9 heteroatoms. The zero-order chi connectivity index (χ0) is 16.3. The summed E-state index contributed by atoms with van der Waals surface area (Å²) in [5.41, 5.74) is 0.641. The van der Waals surface area contributed by atoms with Gasteiger partial charge in [-0.25, -0.2) is 0 Å². The van der Waals surface area contributed by atoms with Crippen molar-refractivity contribution in [2.45, 2.75) is 0 Å². The summed E-state index contributed by atoms with van der Waals surface area (Å²) in [5.74, 6) is 0. The van der Waals surface area contributed by atoms with Crippen LogP contribution in [0.5, 0.6) is 0 Å². The zero-order valence-electron chi connectivity index (χ0n) is 10.8. The summed E-state index contributed by atoms with van der Waals surface area (Å²) in [6, 6.07) is 8.09. The van der Waals surface area contributed by atoms with Gasteiger partial charge in [-0.1, -0.05) is 11.6 Å². The van der Waals surface area contributed by atoms with Gasteiger partial charge in [-0.2, -0.15) is 0 Å². The molecular weight excluding hydrogens is 378 g/mol. The number of non-ortho nitro benzene ring substituents is 2. The van der Waals surface area contributed by atoms with Gasteiger partial charge in [0.2, 0.25) is 0 Å². The number of hydrogen-bond acceptors (Lipinski definition) is 5. The summed E-state index contributed by atoms with van der Waals surface area (Å²) >= 11 is 9.14. The fraction of sp³-hybridized carbons (Fsp3) is 0. The number of halogens is 2. The van der Waals surface area contributed by atoms with Gasteiger partial charge in [0.25, 0.3) is 11.4 Å². The highest BCUT2D eigenvalue weighted by Gasteiger charge is 2.10. The maximum absolute atomic E-state index is 10.7. The van der Waals surface area contributed by atoms with E-state index in [1.807, 2.05) is 0 Å². The predicted molar refractivity (Wildman–Crippen MR) is 86.2 cm³/mol. The molecule has 0 saturated carbocycles. The lowest BCUT2D eigenvalue weighted by Gasteiger charge is -2.00. The first kappa shape index (κ1) is 16.1. The molecule has 0 aliphatic rings. The number of nitro groups is 2. The number of hydrogen-bond donors (Lipinski definition) is 0. The standard InChI is InChI=1S/C13H7BrClN3O4/c14-11-6-10(18(21)22)2-4-13(11)16-7-8-5-9(17(19)20)1-3-12(8)15/h1-7H. The van der Waals surface area contributed by atoms with Crippen LogP contribution in [-0.4, -0.2) is 16.1 Å². The van der Waals surface area contributed by atoms with Crippen molar-refractivity contribution in [2.24, 2.45) is 4.99 Å². The molecule has 0 atom stereocenters. The summed E-state index contributed by atoms with van der Waals surface area (Å²) in [4.78, 5) is 24.5. The Labute approximate surface area is 137 Å². The van der Waals surface area contributed by atoms with E-state index in [1.165, 1.54) is 42.6 Å². The molecule has 0 unspecified atom stereocenters. The third-order valence-electron chi connectivity index (χ3n) is 2.68. The second-order valence-corrected chi connectivity index (χ2v) is 5.38. The molecule has 0 heterocycles. The summed E-state index contributed by atoms with van der Waals surface area (Å²) in [5, 5.41) is 21.7. The van der Waals surface area contributed by atoms with Crippen LogP contribution in [0, 0.1) is 20.2 Å². The number of nitro benzene ring substituents is 2. The number of benzene rings is 2. The Bertz CT molecular complexity index is 795. The van der Waals surface area contributed by atoms with E-state index < -0.39 is 9.85 Å². The smallest absolute Gasteiger partial charge is 0.258 e. The maximum atomic E-state index is 10.7. The van der Waals surface area contributed by atoms with Crippen molar-refractivity contribution in [3.63, 3.8) is 0 Å². The highest BCUT2D eigenvalue weighted by molar-refractivity contribution is 9.10. The molecule has 0 fully saturated rings. The van der Waals surface area contributed by atoms with Crippen LogP contribution in [-0.2, 0) is 0 Å². The van der Waals surface area contributed by atoms with Crippen LogP contribution in [0.4, 0.5) is 17.1 Å². The van der Waals surface area contributed by atoms with Gasteiger partial charge < -0.3 is 0 Å². The van der Waals surface area contributed by atoms with Gasteiger partial charge in [0.05, 0.1) is 15.5 Å². The molecule has 0 bridgehead atoms. The fourth-order valence-corrected chi connectivity index (χ4v) is 2.23. The number of nitrogens with zero attached hydrogens (tertiary/aromatic N) is 3. The molecule has 0 aliphatic heterocycles. The van der Waals surface area contributed by atoms with E-state index in [-0.39, 0.29) is 11.4 Å². The molecule has 22 heavy (non-hydrogen) atoms. The lowest BCUT2D eigenvalue weighted by Crippen LogP contribution is -1.91. The van der Waals surface area contributed by atoms with E-state index in [1.54, 1.807) is 0 Å². The van der Waals surface area contributed by atoms with Gasteiger partial charge in [-0.15, -0.1) is 0 Å². The Morgan fingerprint density at radius 3 is 2.23 bits per heavy atom.